The van der Waals surface area contributed by atoms with Gasteiger partial charge in [0, 0.05) is 5.56 Å². The van der Waals surface area contributed by atoms with E-state index >= 15 is 0 Å². The van der Waals surface area contributed by atoms with E-state index in [1.165, 1.54) is 0 Å². The second-order valence-electron chi connectivity index (χ2n) is 4.09. The zero-order valence-electron chi connectivity index (χ0n) is 10.1. The minimum atomic E-state index is -0.183. The predicted molar refractivity (Wildman–Crippen MR) is 78.6 cm³/mol. The van der Waals surface area contributed by atoms with Gasteiger partial charge in [-0.05, 0) is 57.4 Å². The number of hydrogen-bond donors (Lipinski definition) is 1. The number of nitrogens with one attached hydrogen (secondary N) is 1. The standard InChI is InChI=1S/C14H15BrFNS/c1-2-7-17-14(10-6-8-18-9-10)11-4-3-5-12(15)13(11)16/h3-6,8-9,14,17H,2,7H2,1H3. The molecule has 0 aliphatic rings. The van der Waals surface area contributed by atoms with Crippen molar-refractivity contribution in [1.29, 1.82) is 0 Å². The third-order valence-electron chi connectivity index (χ3n) is 2.77. The van der Waals surface area contributed by atoms with Gasteiger partial charge < -0.3 is 5.32 Å². The molecule has 0 aliphatic heterocycles. The highest BCUT2D eigenvalue weighted by atomic mass is 79.9. The Morgan fingerprint density at radius 1 is 1.39 bits per heavy atom. The fourth-order valence-electron chi connectivity index (χ4n) is 1.88. The van der Waals surface area contributed by atoms with Crippen LogP contribution in [0.25, 0.3) is 0 Å². The van der Waals surface area contributed by atoms with E-state index in [0.717, 1.165) is 18.5 Å². The van der Waals surface area contributed by atoms with Crippen LogP contribution < -0.4 is 5.32 Å². The van der Waals surface area contributed by atoms with E-state index in [1.54, 1.807) is 17.4 Å². The lowest BCUT2D eigenvalue weighted by Crippen LogP contribution is -2.23. The van der Waals surface area contributed by atoms with Gasteiger partial charge in [-0.3, -0.25) is 0 Å². The number of thiophene rings is 1. The van der Waals surface area contributed by atoms with Crippen molar-refractivity contribution in [3.63, 3.8) is 0 Å². The summed E-state index contributed by atoms with van der Waals surface area (Å²) in [6.07, 6.45) is 1.02. The van der Waals surface area contributed by atoms with Crippen LogP contribution in [0, 0.1) is 5.82 Å². The van der Waals surface area contributed by atoms with Crippen LogP contribution in [0.1, 0.15) is 30.5 Å². The zero-order chi connectivity index (χ0) is 13.0. The monoisotopic (exact) mass is 327 g/mol. The Morgan fingerprint density at radius 2 is 2.22 bits per heavy atom. The van der Waals surface area contributed by atoms with E-state index in [1.807, 2.05) is 23.6 Å². The van der Waals surface area contributed by atoms with E-state index < -0.39 is 0 Å². The van der Waals surface area contributed by atoms with Crippen molar-refractivity contribution in [2.24, 2.45) is 0 Å². The van der Waals surface area contributed by atoms with E-state index in [4.69, 9.17) is 0 Å². The lowest BCUT2D eigenvalue weighted by atomic mass is 10.0. The van der Waals surface area contributed by atoms with E-state index in [0.29, 0.717) is 10.0 Å². The Hall–Kier alpha value is -0.710. The Bertz CT molecular complexity index is 499. The Labute approximate surface area is 119 Å². The van der Waals surface area contributed by atoms with Gasteiger partial charge in [-0.2, -0.15) is 11.3 Å². The summed E-state index contributed by atoms with van der Waals surface area (Å²) < 4.78 is 14.7. The van der Waals surface area contributed by atoms with Crippen molar-refractivity contribution in [3.8, 4) is 0 Å². The topological polar surface area (TPSA) is 12.0 Å². The first-order valence-electron chi connectivity index (χ1n) is 5.93. The molecule has 0 saturated carbocycles. The lowest BCUT2D eigenvalue weighted by molar-refractivity contribution is 0.544. The number of rotatable bonds is 5. The van der Waals surface area contributed by atoms with Crippen LogP contribution in [0.3, 0.4) is 0 Å². The van der Waals surface area contributed by atoms with Gasteiger partial charge in [0.1, 0.15) is 5.82 Å². The van der Waals surface area contributed by atoms with Gasteiger partial charge in [0.2, 0.25) is 0 Å². The van der Waals surface area contributed by atoms with Crippen molar-refractivity contribution in [2.45, 2.75) is 19.4 Å². The molecule has 1 atom stereocenters. The van der Waals surface area contributed by atoms with Gasteiger partial charge >= 0.3 is 0 Å². The maximum absolute atomic E-state index is 14.2. The number of halogens is 2. The van der Waals surface area contributed by atoms with Gasteiger partial charge in [-0.25, -0.2) is 4.39 Å². The summed E-state index contributed by atoms with van der Waals surface area (Å²) >= 11 is 4.88. The van der Waals surface area contributed by atoms with Gasteiger partial charge in [-0.15, -0.1) is 0 Å². The molecule has 1 nitrogen and oxygen atoms in total. The van der Waals surface area contributed by atoms with Crippen molar-refractivity contribution in [1.82, 2.24) is 5.32 Å². The first kappa shape index (κ1) is 13.7. The molecule has 1 aromatic heterocycles. The van der Waals surface area contributed by atoms with Crippen LogP contribution in [-0.2, 0) is 0 Å². The first-order chi connectivity index (χ1) is 8.74. The maximum Gasteiger partial charge on any atom is 0.142 e. The average molecular weight is 328 g/mol. The average Bonchev–Trinajstić information content (AvgIpc) is 2.88. The molecule has 1 unspecified atom stereocenters. The van der Waals surface area contributed by atoms with Gasteiger partial charge in [0.05, 0.1) is 10.5 Å². The minimum Gasteiger partial charge on any atom is -0.306 e. The Kier molecular flexibility index (Phi) is 4.92. The molecule has 18 heavy (non-hydrogen) atoms. The quantitative estimate of drug-likeness (QED) is 0.836. The molecule has 0 bridgehead atoms. The first-order valence-corrected chi connectivity index (χ1v) is 7.67. The molecular weight excluding hydrogens is 313 g/mol. The smallest absolute Gasteiger partial charge is 0.142 e. The molecule has 0 aliphatic carbocycles. The SMILES string of the molecule is CCCNC(c1ccsc1)c1cccc(Br)c1F. The summed E-state index contributed by atoms with van der Waals surface area (Å²) in [5.74, 6) is -0.183. The number of benzene rings is 1. The molecular formula is C14H15BrFNS. The summed E-state index contributed by atoms with van der Waals surface area (Å²) in [5.41, 5.74) is 1.81. The molecule has 4 heteroatoms. The minimum absolute atomic E-state index is 0.0753. The zero-order valence-corrected chi connectivity index (χ0v) is 12.5. The van der Waals surface area contributed by atoms with Crippen LogP contribution >= 0.6 is 27.3 Å². The molecule has 2 aromatic rings. The Balaban J connectivity index is 2.37. The summed E-state index contributed by atoms with van der Waals surface area (Å²) in [5, 5.41) is 7.48. The molecule has 1 N–H and O–H groups in total. The van der Waals surface area contributed by atoms with Crippen LogP contribution in [-0.4, -0.2) is 6.54 Å². The second kappa shape index (κ2) is 6.45. The highest BCUT2D eigenvalue weighted by molar-refractivity contribution is 9.10. The van der Waals surface area contributed by atoms with Crippen LogP contribution in [0.15, 0.2) is 39.5 Å². The van der Waals surface area contributed by atoms with Crippen LogP contribution in [0.2, 0.25) is 0 Å². The third-order valence-corrected chi connectivity index (χ3v) is 4.08. The van der Waals surface area contributed by atoms with Crippen LogP contribution in [0.5, 0.6) is 0 Å². The fourth-order valence-corrected chi connectivity index (χ4v) is 2.95. The van der Waals surface area contributed by atoms with Crippen molar-refractivity contribution < 1.29 is 4.39 Å². The molecule has 0 spiro atoms. The van der Waals surface area contributed by atoms with E-state index in [-0.39, 0.29) is 11.9 Å². The number of hydrogen-bond acceptors (Lipinski definition) is 2. The molecule has 0 amide bonds. The fraction of sp³-hybridized carbons (Fsp3) is 0.286. The van der Waals surface area contributed by atoms with Crippen LogP contribution in [0.4, 0.5) is 4.39 Å². The molecule has 1 heterocycles. The van der Waals surface area contributed by atoms with Crippen molar-refractivity contribution in [3.05, 3.63) is 56.4 Å². The van der Waals surface area contributed by atoms with Gasteiger partial charge in [0.25, 0.3) is 0 Å². The maximum atomic E-state index is 14.2. The normalized spacial score (nSPS) is 12.6. The van der Waals surface area contributed by atoms with E-state index in [9.17, 15) is 4.39 Å². The van der Waals surface area contributed by atoms with Crippen molar-refractivity contribution in [2.75, 3.05) is 6.54 Å². The highest BCUT2D eigenvalue weighted by Crippen LogP contribution is 2.29. The molecule has 2 rings (SSSR count). The molecule has 96 valence electrons. The summed E-state index contributed by atoms with van der Waals surface area (Å²) in [4.78, 5) is 0. The lowest BCUT2D eigenvalue weighted by Gasteiger charge is -2.19. The molecule has 0 fully saturated rings. The third kappa shape index (κ3) is 2.99. The summed E-state index contributed by atoms with van der Waals surface area (Å²) in [7, 11) is 0. The van der Waals surface area contributed by atoms with Gasteiger partial charge in [-0.1, -0.05) is 19.1 Å². The predicted octanol–water partition coefficient (Wildman–Crippen LogP) is 4.74. The van der Waals surface area contributed by atoms with Crippen molar-refractivity contribution >= 4 is 27.3 Å². The molecule has 0 saturated heterocycles. The molecule has 0 radical (unpaired) electrons. The van der Waals surface area contributed by atoms with E-state index in [2.05, 4.69) is 33.6 Å². The summed E-state index contributed by atoms with van der Waals surface area (Å²) in [6, 6.07) is 7.40. The van der Waals surface area contributed by atoms with Gasteiger partial charge in [0.15, 0.2) is 0 Å². The largest absolute Gasteiger partial charge is 0.306 e. The summed E-state index contributed by atoms with van der Waals surface area (Å²) in [6.45, 7) is 2.97. The molecule has 1 aromatic carbocycles. The second-order valence-corrected chi connectivity index (χ2v) is 5.72. The Morgan fingerprint density at radius 3 is 2.89 bits per heavy atom. The highest BCUT2D eigenvalue weighted by Gasteiger charge is 2.18.